The maximum Gasteiger partial charge on any atom is 0.415 e. The summed E-state index contributed by atoms with van der Waals surface area (Å²) >= 11 is 0. The normalized spacial score (nSPS) is 16.8. The summed E-state index contributed by atoms with van der Waals surface area (Å²) in [4.78, 5) is 18.8. The van der Waals surface area contributed by atoms with Crippen molar-refractivity contribution in [3.8, 4) is 0 Å². The van der Waals surface area contributed by atoms with Gasteiger partial charge in [0, 0.05) is 0 Å². The number of amides is 1. The van der Waals surface area contributed by atoms with Gasteiger partial charge in [0.25, 0.3) is 0 Å². The molecule has 1 unspecified atom stereocenters. The fourth-order valence-corrected chi connectivity index (χ4v) is 1.01. The molecule has 0 aromatic carbocycles. The molecule has 0 rings (SSSR count). The fourth-order valence-electron chi connectivity index (χ4n) is 0.338. The number of carbonyl (C=O) groups excluding carboxylic acids is 1. The molecule has 0 aliphatic heterocycles. The molecule has 6 heteroatoms. The Morgan fingerprint density at radius 1 is 1.70 bits per heavy atom. The molecular formula is C4H10NO4P. The van der Waals surface area contributed by atoms with E-state index in [1.165, 1.54) is 13.8 Å². The standard InChI is InChI=1S/C4H10NO4P/c1-3(2)9-10(7,8)4(5)6/h3H,1-2H3,(H2,5,6)(H,7,8). The minimum Gasteiger partial charge on any atom is -0.359 e. The lowest BCUT2D eigenvalue weighted by atomic mass is 10.5. The van der Waals surface area contributed by atoms with E-state index in [1.807, 2.05) is 0 Å². The number of rotatable bonds is 3. The van der Waals surface area contributed by atoms with Crippen LogP contribution in [0, 0.1) is 0 Å². The molecule has 3 N–H and O–H groups in total. The number of hydrogen-bond donors (Lipinski definition) is 2. The molecule has 1 atom stereocenters. The van der Waals surface area contributed by atoms with Crippen molar-refractivity contribution in [3.05, 3.63) is 0 Å². The molecule has 0 saturated carbocycles. The molecule has 0 heterocycles. The smallest absolute Gasteiger partial charge is 0.359 e. The van der Waals surface area contributed by atoms with Gasteiger partial charge in [0.2, 0.25) is 0 Å². The monoisotopic (exact) mass is 167 g/mol. The van der Waals surface area contributed by atoms with Crippen LogP contribution in [0.3, 0.4) is 0 Å². The van der Waals surface area contributed by atoms with Crippen LogP contribution in [-0.2, 0) is 9.09 Å². The van der Waals surface area contributed by atoms with Gasteiger partial charge in [-0.15, -0.1) is 0 Å². The Morgan fingerprint density at radius 2 is 2.10 bits per heavy atom. The second-order valence-electron chi connectivity index (χ2n) is 2.01. The van der Waals surface area contributed by atoms with E-state index >= 15 is 0 Å². The van der Waals surface area contributed by atoms with Gasteiger partial charge in [-0.3, -0.25) is 9.32 Å². The summed E-state index contributed by atoms with van der Waals surface area (Å²) in [6, 6.07) is 0. The zero-order chi connectivity index (χ0) is 8.36. The Hall–Kier alpha value is -0.380. The summed E-state index contributed by atoms with van der Waals surface area (Å²) < 4.78 is 14.9. The van der Waals surface area contributed by atoms with E-state index in [-0.39, 0.29) is 0 Å². The molecule has 1 amide bonds. The first-order chi connectivity index (χ1) is 4.36. The number of hydrogen-bond acceptors (Lipinski definition) is 3. The Balaban J connectivity index is 4.15. The second-order valence-corrected chi connectivity index (χ2v) is 3.71. The Morgan fingerprint density at radius 3 is 2.20 bits per heavy atom. The van der Waals surface area contributed by atoms with E-state index in [2.05, 4.69) is 10.3 Å². The van der Waals surface area contributed by atoms with Crippen LogP contribution < -0.4 is 5.73 Å². The highest BCUT2D eigenvalue weighted by Crippen LogP contribution is 2.42. The van der Waals surface area contributed by atoms with Gasteiger partial charge >= 0.3 is 13.2 Å². The maximum absolute atomic E-state index is 10.6. The van der Waals surface area contributed by atoms with Crippen LogP contribution in [-0.4, -0.2) is 16.6 Å². The van der Waals surface area contributed by atoms with Crippen molar-refractivity contribution >= 4 is 13.2 Å². The summed E-state index contributed by atoms with van der Waals surface area (Å²) in [6.45, 7) is 3.07. The fraction of sp³-hybridized carbons (Fsp3) is 0.750. The van der Waals surface area contributed by atoms with Crippen LogP contribution in [0.1, 0.15) is 13.8 Å². The number of carbonyl (C=O) groups is 1. The van der Waals surface area contributed by atoms with E-state index in [0.29, 0.717) is 0 Å². The summed E-state index contributed by atoms with van der Waals surface area (Å²) in [5.41, 5.74) is 3.22. The molecule has 0 saturated heterocycles. The molecule has 5 nitrogen and oxygen atoms in total. The van der Waals surface area contributed by atoms with E-state index in [4.69, 9.17) is 4.89 Å². The van der Waals surface area contributed by atoms with Gasteiger partial charge in [0.1, 0.15) is 0 Å². The van der Waals surface area contributed by atoms with Gasteiger partial charge in [-0.25, -0.2) is 4.57 Å². The van der Waals surface area contributed by atoms with Crippen molar-refractivity contribution in [3.63, 3.8) is 0 Å². The van der Waals surface area contributed by atoms with Gasteiger partial charge in [0.15, 0.2) is 0 Å². The molecule has 60 valence electrons. The van der Waals surface area contributed by atoms with Crippen molar-refractivity contribution < 1.29 is 18.8 Å². The Labute approximate surface area is 58.7 Å². The van der Waals surface area contributed by atoms with Crippen molar-refractivity contribution in [1.29, 1.82) is 0 Å². The van der Waals surface area contributed by atoms with Crippen LogP contribution in [0.2, 0.25) is 0 Å². The summed E-state index contributed by atoms with van der Waals surface area (Å²) in [7, 11) is -4.18. The van der Waals surface area contributed by atoms with Crippen molar-refractivity contribution in [2.75, 3.05) is 0 Å². The van der Waals surface area contributed by atoms with Gasteiger partial charge < -0.3 is 10.6 Å². The topological polar surface area (TPSA) is 89.6 Å². The van der Waals surface area contributed by atoms with Gasteiger partial charge in [0.05, 0.1) is 6.10 Å². The molecule has 0 fully saturated rings. The SMILES string of the molecule is CC(C)OP(=O)(O)C(N)=O. The quantitative estimate of drug-likeness (QED) is 0.604. The zero-order valence-corrected chi connectivity index (χ0v) is 6.67. The predicted molar refractivity (Wildman–Crippen MR) is 35.6 cm³/mol. The van der Waals surface area contributed by atoms with Gasteiger partial charge in [-0.05, 0) is 13.8 Å². The third-order valence-corrected chi connectivity index (χ3v) is 1.90. The van der Waals surface area contributed by atoms with Crippen molar-refractivity contribution in [2.24, 2.45) is 5.73 Å². The third-order valence-electron chi connectivity index (χ3n) is 0.632. The third kappa shape index (κ3) is 2.96. The highest BCUT2D eigenvalue weighted by Gasteiger charge is 2.28. The molecular weight excluding hydrogens is 157 g/mol. The Bertz CT molecular complexity index is 178. The minimum absolute atomic E-state index is 0.483. The van der Waals surface area contributed by atoms with E-state index in [9.17, 15) is 9.36 Å². The van der Waals surface area contributed by atoms with Crippen molar-refractivity contribution in [1.82, 2.24) is 0 Å². The highest BCUT2D eigenvalue weighted by molar-refractivity contribution is 7.70. The molecule has 10 heavy (non-hydrogen) atoms. The summed E-state index contributed by atoms with van der Waals surface area (Å²) in [6.07, 6.45) is -0.483. The van der Waals surface area contributed by atoms with Crippen LogP contribution in [0.4, 0.5) is 4.79 Å². The average molecular weight is 167 g/mol. The maximum atomic E-state index is 10.6. The predicted octanol–water partition coefficient (Wildman–Crippen LogP) is 0.676. The molecule has 0 aromatic heterocycles. The molecule has 0 bridgehead atoms. The van der Waals surface area contributed by atoms with E-state index in [0.717, 1.165) is 0 Å². The van der Waals surface area contributed by atoms with Crippen molar-refractivity contribution in [2.45, 2.75) is 20.0 Å². The first-order valence-corrected chi connectivity index (χ1v) is 4.25. The summed E-state index contributed by atoms with van der Waals surface area (Å²) in [5.74, 6) is 0. The van der Waals surface area contributed by atoms with Crippen LogP contribution in [0.15, 0.2) is 0 Å². The first-order valence-electron chi connectivity index (χ1n) is 2.67. The first kappa shape index (κ1) is 9.62. The van der Waals surface area contributed by atoms with Gasteiger partial charge in [-0.2, -0.15) is 0 Å². The van der Waals surface area contributed by atoms with Crippen LogP contribution in [0.5, 0.6) is 0 Å². The molecule has 0 aromatic rings. The largest absolute Gasteiger partial charge is 0.415 e. The van der Waals surface area contributed by atoms with E-state index in [1.54, 1.807) is 0 Å². The lowest BCUT2D eigenvalue weighted by Gasteiger charge is -2.10. The molecule has 0 radical (unpaired) electrons. The lowest BCUT2D eigenvalue weighted by Crippen LogP contribution is -2.13. The Kier molecular flexibility index (Phi) is 3.02. The highest BCUT2D eigenvalue weighted by atomic mass is 31.2. The van der Waals surface area contributed by atoms with Crippen LogP contribution in [0.25, 0.3) is 0 Å². The second kappa shape index (κ2) is 3.14. The van der Waals surface area contributed by atoms with E-state index < -0.39 is 19.3 Å². The number of primary amides is 1. The molecule has 0 aliphatic rings. The van der Waals surface area contributed by atoms with Crippen LogP contribution >= 0.6 is 7.60 Å². The zero-order valence-electron chi connectivity index (χ0n) is 5.77. The molecule has 0 spiro atoms. The summed E-state index contributed by atoms with van der Waals surface area (Å²) in [5, 5.41) is 0. The average Bonchev–Trinajstić information content (AvgIpc) is 1.60. The lowest BCUT2D eigenvalue weighted by molar-refractivity contribution is 0.200. The number of nitrogens with two attached hydrogens (primary N) is 1. The molecule has 0 aliphatic carbocycles. The van der Waals surface area contributed by atoms with Gasteiger partial charge in [-0.1, -0.05) is 0 Å². The minimum atomic E-state index is -4.18.